The van der Waals surface area contributed by atoms with Crippen molar-refractivity contribution in [2.75, 3.05) is 36.5 Å². The summed E-state index contributed by atoms with van der Waals surface area (Å²) in [6.45, 7) is 2.02. The van der Waals surface area contributed by atoms with Crippen LogP contribution in [0.15, 0.2) is 60.5 Å². The Bertz CT molecular complexity index is 1050. The third-order valence-electron chi connectivity index (χ3n) is 5.52. The minimum absolute atomic E-state index is 0.0799. The minimum Gasteiger partial charge on any atom is -0.499 e. The van der Waals surface area contributed by atoms with Crippen LogP contribution >= 0.6 is 0 Å². The Kier molecular flexibility index (Phi) is 6.08. The van der Waals surface area contributed by atoms with E-state index in [2.05, 4.69) is 15.9 Å². The first-order valence-electron chi connectivity index (χ1n) is 10.2. The predicted octanol–water partition coefficient (Wildman–Crippen LogP) is 4.75. The molecule has 0 atom stereocenters. The number of nitrogens with zero attached hydrogens (tertiary/aromatic N) is 3. The Morgan fingerprint density at radius 1 is 1.06 bits per heavy atom. The lowest BCUT2D eigenvalue weighted by molar-refractivity contribution is 0.163. The smallest absolute Gasteiger partial charge is 0.167 e. The highest BCUT2D eigenvalue weighted by Crippen LogP contribution is 2.35. The van der Waals surface area contributed by atoms with E-state index in [1.165, 1.54) is 12.1 Å². The van der Waals surface area contributed by atoms with Gasteiger partial charge in [-0.05, 0) is 42.5 Å². The molecule has 1 saturated heterocycles. The van der Waals surface area contributed by atoms with E-state index in [9.17, 15) is 14.0 Å². The molecule has 31 heavy (non-hydrogen) atoms. The summed E-state index contributed by atoms with van der Waals surface area (Å²) in [5.74, 6) is -0.387. The van der Waals surface area contributed by atoms with E-state index in [0.29, 0.717) is 24.9 Å². The summed E-state index contributed by atoms with van der Waals surface area (Å²) < 4.78 is 38.2. The first-order chi connectivity index (χ1) is 15.1. The van der Waals surface area contributed by atoms with Crippen LogP contribution < -0.4 is 14.5 Å². The van der Waals surface area contributed by atoms with Gasteiger partial charge in [-0.3, -0.25) is 0 Å². The number of hydrogen-bond acceptors (Lipinski definition) is 5. The van der Waals surface area contributed by atoms with Gasteiger partial charge in [0.15, 0.2) is 11.6 Å². The molecule has 2 aromatic carbocycles. The van der Waals surface area contributed by atoms with Crippen molar-refractivity contribution in [2.24, 2.45) is 0 Å². The van der Waals surface area contributed by atoms with Crippen LogP contribution in [0.4, 0.5) is 20.2 Å². The van der Waals surface area contributed by atoms with Crippen molar-refractivity contribution in [1.29, 1.82) is 5.26 Å². The highest BCUT2D eigenvalue weighted by Gasteiger charge is 2.25. The van der Waals surface area contributed by atoms with Crippen molar-refractivity contribution in [3.63, 3.8) is 0 Å². The van der Waals surface area contributed by atoms with Gasteiger partial charge in [0.1, 0.15) is 17.7 Å². The molecular weight excluding hydrogens is 400 g/mol. The van der Waals surface area contributed by atoms with Crippen LogP contribution in [0.1, 0.15) is 18.4 Å². The molecule has 7 heteroatoms. The largest absolute Gasteiger partial charge is 0.499 e. The van der Waals surface area contributed by atoms with E-state index in [0.717, 1.165) is 36.3 Å². The summed E-state index contributed by atoms with van der Waals surface area (Å²) in [7, 11) is 1.64. The van der Waals surface area contributed by atoms with E-state index in [-0.39, 0.29) is 11.9 Å². The normalized spacial score (nSPS) is 16.6. The van der Waals surface area contributed by atoms with Gasteiger partial charge in [0.2, 0.25) is 0 Å². The van der Waals surface area contributed by atoms with Gasteiger partial charge >= 0.3 is 0 Å². The molecule has 2 aliphatic heterocycles. The number of methoxy groups -OCH3 is 1. The molecule has 2 aliphatic rings. The van der Waals surface area contributed by atoms with E-state index in [4.69, 9.17) is 9.47 Å². The second kappa shape index (κ2) is 9.09. The molecule has 0 aliphatic carbocycles. The van der Waals surface area contributed by atoms with Gasteiger partial charge in [-0.2, -0.15) is 5.26 Å². The van der Waals surface area contributed by atoms with Gasteiger partial charge in [-0.25, -0.2) is 8.78 Å². The Balaban J connectivity index is 1.49. The maximum atomic E-state index is 13.9. The Morgan fingerprint density at radius 3 is 2.58 bits per heavy atom. The Labute approximate surface area is 180 Å². The molecule has 2 heterocycles. The third-order valence-corrected chi connectivity index (χ3v) is 5.52. The highest BCUT2D eigenvalue weighted by atomic mass is 19.1. The number of hydrogen-bond donors (Lipinski definition) is 0. The van der Waals surface area contributed by atoms with Gasteiger partial charge in [-0.1, -0.05) is 0 Å². The van der Waals surface area contributed by atoms with Crippen LogP contribution in [0.25, 0.3) is 0 Å². The van der Waals surface area contributed by atoms with Crippen LogP contribution in [0, 0.1) is 23.0 Å². The number of benzene rings is 2. The molecule has 0 bridgehead atoms. The fraction of sp³-hybridized carbons (Fsp3) is 0.292. The second-order valence-corrected chi connectivity index (χ2v) is 7.50. The van der Waals surface area contributed by atoms with Crippen LogP contribution in [0.3, 0.4) is 0 Å². The first kappa shape index (κ1) is 20.7. The predicted molar refractivity (Wildman–Crippen MR) is 115 cm³/mol. The lowest BCUT2D eigenvalue weighted by Crippen LogP contribution is -2.39. The van der Waals surface area contributed by atoms with Gasteiger partial charge < -0.3 is 19.3 Å². The number of nitriles is 1. The molecule has 2 aromatic rings. The molecule has 4 rings (SSSR count). The number of allylic oxidation sites excluding steroid dienone is 2. The quantitative estimate of drug-likeness (QED) is 0.695. The maximum Gasteiger partial charge on any atom is 0.167 e. The van der Waals surface area contributed by atoms with Gasteiger partial charge in [0, 0.05) is 38.2 Å². The summed E-state index contributed by atoms with van der Waals surface area (Å²) in [5.41, 5.74) is 2.54. The van der Waals surface area contributed by atoms with Crippen molar-refractivity contribution in [3.8, 4) is 11.8 Å². The summed E-state index contributed by atoms with van der Waals surface area (Å²) in [6.07, 6.45) is 7.07. The monoisotopic (exact) mass is 423 g/mol. The molecule has 0 N–H and O–H groups in total. The van der Waals surface area contributed by atoms with Crippen molar-refractivity contribution < 1.29 is 18.3 Å². The van der Waals surface area contributed by atoms with E-state index in [1.807, 2.05) is 36.6 Å². The van der Waals surface area contributed by atoms with Crippen LogP contribution in [0.5, 0.6) is 5.75 Å². The summed E-state index contributed by atoms with van der Waals surface area (Å²) in [4.78, 5) is 4.31. The van der Waals surface area contributed by atoms with E-state index in [1.54, 1.807) is 7.11 Å². The lowest BCUT2D eigenvalue weighted by Gasteiger charge is -2.36. The van der Waals surface area contributed by atoms with Crippen molar-refractivity contribution in [1.82, 2.24) is 0 Å². The standard InChI is InChI=1S/C24H23F2N3O2/c1-30-20-3-2-10-29(16-20)23-13-17(15-27)4-6-22(23)28-11-8-19(9-12-28)31-24-7-5-18(25)14-21(24)26/h2-7,10,13-14,19H,8-9,11-12,16H2,1H3. The van der Waals surface area contributed by atoms with E-state index < -0.39 is 11.6 Å². The summed E-state index contributed by atoms with van der Waals surface area (Å²) in [6, 6.07) is 11.2. The lowest BCUT2D eigenvalue weighted by atomic mass is 10.0. The molecule has 0 aromatic heterocycles. The number of anilines is 2. The average molecular weight is 423 g/mol. The Hall–Kier alpha value is -3.53. The number of piperidine rings is 1. The first-order valence-corrected chi connectivity index (χ1v) is 10.2. The third kappa shape index (κ3) is 4.64. The zero-order chi connectivity index (χ0) is 21.8. The van der Waals surface area contributed by atoms with Crippen LogP contribution in [-0.2, 0) is 4.74 Å². The van der Waals surface area contributed by atoms with Crippen LogP contribution in [0.2, 0.25) is 0 Å². The topological polar surface area (TPSA) is 48.7 Å². The fourth-order valence-electron chi connectivity index (χ4n) is 3.88. The molecule has 0 unspecified atom stereocenters. The summed E-state index contributed by atoms with van der Waals surface area (Å²) in [5, 5.41) is 9.37. The molecule has 0 spiro atoms. The van der Waals surface area contributed by atoms with Crippen molar-refractivity contribution in [2.45, 2.75) is 18.9 Å². The van der Waals surface area contributed by atoms with Crippen molar-refractivity contribution in [3.05, 3.63) is 77.7 Å². The molecule has 0 radical (unpaired) electrons. The van der Waals surface area contributed by atoms with E-state index >= 15 is 0 Å². The SMILES string of the molecule is COC1=CC=CN(c2cc(C#N)ccc2N2CCC(Oc3ccc(F)cc3F)CC2)C1. The minimum atomic E-state index is -0.685. The number of halogens is 2. The molecule has 0 saturated carbocycles. The Morgan fingerprint density at radius 2 is 1.87 bits per heavy atom. The molecule has 1 fully saturated rings. The van der Waals surface area contributed by atoms with Crippen molar-refractivity contribution >= 4 is 11.4 Å². The molecule has 5 nitrogen and oxygen atoms in total. The van der Waals surface area contributed by atoms with Gasteiger partial charge in [0.25, 0.3) is 0 Å². The molecule has 0 amide bonds. The molecular formula is C24H23F2N3O2. The summed E-state index contributed by atoms with van der Waals surface area (Å²) >= 11 is 0. The van der Waals surface area contributed by atoms with Gasteiger partial charge in [0.05, 0.1) is 36.7 Å². The molecule has 160 valence electrons. The maximum absolute atomic E-state index is 13.9. The second-order valence-electron chi connectivity index (χ2n) is 7.50. The van der Waals surface area contributed by atoms with Gasteiger partial charge in [-0.15, -0.1) is 0 Å². The number of ether oxygens (including phenoxy) is 2. The average Bonchev–Trinajstić information content (AvgIpc) is 2.81. The fourth-order valence-corrected chi connectivity index (χ4v) is 3.88. The highest BCUT2D eigenvalue weighted by molar-refractivity contribution is 5.75. The zero-order valence-electron chi connectivity index (χ0n) is 17.2. The number of rotatable bonds is 5. The zero-order valence-corrected chi connectivity index (χ0v) is 17.2. The van der Waals surface area contributed by atoms with Crippen LogP contribution in [-0.4, -0.2) is 32.8 Å².